The van der Waals surface area contributed by atoms with Crippen LogP contribution in [0.3, 0.4) is 0 Å². The van der Waals surface area contributed by atoms with Crippen LogP contribution in [0.25, 0.3) is 11.1 Å². The standard InChI is InChI=1S/C17H16O3/c1-2-19-17(18)11-16-14-9-4-3-7-12(14)13-8-5-6-10-15(13)20-16/h3-10,16H,2,11H2,1H3. The van der Waals surface area contributed by atoms with Crippen LogP contribution < -0.4 is 4.74 Å². The maximum Gasteiger partial charge on any atom is 0.309 e. The summed E-state index contributed by atoms with van der Waals surface area (Å²) in [5, 5.41) is 0. The summed E-state index contributed by atoms with van der Waals surface area (Å²) in [7, 11) is 0. The first kappa shape index (κ1) is 12.7. The number of hydrogen-bond donors (Lipinski definition) is 0. The van der Waals surface area contributed by atoms with Crippen molar-refractivity contribution in [1.82, 2.24) is 0 Å². The van der Waals surface area contributed by atoms with Crippen LogP contribution in [-0.2, 0) is 9.53 Å². The fraction of sp³-hybridized carbons (Fsp3) is 0.235. The Morgan fingerprint density at radius 3 is 2.60 bits per heavy atom. The summed E-state index contributed by atoms with van der Waals surface area (Å²) in [5.74, 6) is 0.590. The zero-order chi connectivity index (χ0) is 13.9. The van der Waals surface area contributed by atoms with Crippen LogP contribution in [0.1, 0.15) is 25.0 Å². The summed E-state index contributed by atoms with van der Waals surface area (Å²) in [6.45, 7) is 2.20. The third-order valence-corrected chi connectivity index (χ3v) is 3.41. The molecule has 0 N–H and O–H groups in total. The van der Waals surface area contributed by atoms with Gasteiger partial charge in [0.2, 0.25) is 0 Å². The van der Waals surface area contributed by atoms with E-state index in [0.29, 0.717) is 6.61 Å². The molecule has 1 heterocycles. The number of para-hydroxylation sites is 1. The maximum absolute atomic E-state index is 11.7. The van der Waals surface area contributed by atoms with E-state index in [1.54, 1.807) is 0 Å². The van der Waals surface area contributed by atoms with Crippen LogP contribution in [0.4, 0.5) is 0 Å². The predicted molar refractivity (Wildman–Crippen MR) is 76.5 cm³/mol. The van der Waals surface area contributed by atoms with Crippen LogP contribution in [0.15, 0.2) is 48.5 Å². The third-order valence-electron chi connectivity index (χ3n) is 3.41. The first-order valence-corrected chi connectivity index (χ1v) is 6.80. The number of esters is 1. The normalized spacial score (nSPS) is 15.8. The molecule has 1 aliphatic heterocycles. The molecule has 20 heavy (non-hydrogen) atoms. The molecule has 1 unspecified atom stereocenters. The number of carbonyl (C=O) groups is 1. The number of benzene rings is 2. The summed E-state index contributed by atoms with van der Waals surface area (Å²) < 4.78 is 11.0. The average Bonchev–Trinajstić information content (AvgIpc) is 2.48. The van der Waals surface area contributed by atoms with E-state index in [1.165, 1.54) is 0 Å². The number of rotatable bonds is 3. The van der Waals surface area contributed by atoms with E-state index < -0.39 is 0 Å². The minimum absolute atomic E-state index is 0.230. The van der Waals surface area contributed by atoms with E-state index in [2.05, 4.69) is 6.07 Å². The molecule has 0 amide bonds. The molecule has 3 nitrogen and oxygen atoms in total. The number of hydrogen-bond acceptors (Lipinski definition) is 3. The lowest BCUT2D eigenvalue weighted by Crippen LogP contribution is -2.19. The lowest BCUT2D eigenvalue weighted by atomic mass is 9.91. The minimum atomic E-state index is -0.278. The molecule has 1 atom stereocenters. The van der Waals surface area contributed by atoms with E-state index in [9.17, 15) is 4.79 Å². The average molecular weight is 268 g/mol. The van der Waals surface area contributed by atoms with Crippen LogP contribution in [0.2, 0.25) is 0 Å². The minimum Gasteiger partial charge on any atom is -0.484 e. The van der Waals surface area contributed by atoms with Crippen molar-refractivity contribution in [1.29, 1.82) is 0 Å². The topological polar surface area (TPSA) is 35.5 Å². The van der Waals surface area contributed by atoms with Crippen LogP contribution in [-0.4, -0.2) is 12.6 Å². The smallest absolute Gasteiger partial charge is 0.309 e. The Morgan fingerprint density at radius 2 is 1.80 bits per heavy atom. The summed E-state index contributed by atoms with van der Waals surface area (Å²) in [4.78, 5) is 11.7. The molecule has 0 aliphatic carbocycles. The van der Waals surface area contributed by atoms with E-state index >= 15 is 0 Å². The number of fused-ring (bicyclic) bond motifs is 3. The van der Waals surface area contributed by atoms with Crippen molar-refractivity contribution in [3.8, 4) is 16.9 Å². The van der Waals surface area contributed by atoms with Gasteiger partial charge in [0.05, 0.1) is 13.0 Å². The second kappa shape index (κ2) is 5.37. The van der Waals surface area contributed by atoms with Crippen molar-refractivity contribution >= 4 is 5.97 Å². The van der Waals surface area contributed by atoms with Crippen LogP contribution >= 0.6 is 0 Å². The summed E-state index contributed by atoms with van der Waals surface area (Å²) in [6, 6.07) is 15.9. The Hall–Kier alpha value is -2.29. The monoisotopic (exact) mass is 268 g/mol. The first-order chi connectivity index (χ1) is 9.79. The zero-order valence-corrected chi connectivity index (χ0v) is 11.3. The largest absolute Gasteiger partial charge is 0.484 e. The Morgan fingerprint density at radius 1 is 1.10 bits per heavy atom. The molecule has 2 aromatic carbocycles. The molecule has 0 saturated heterocycles. The fourth-order valence-corrected chi connectivity index (χ4v) is 2.55. The molecule has 3 rings (SSSR count). The van der Waals surface area contributed by atoms with Gasteiger partial charge in [-0.05, 0) is 18.6 Å². The molecular formula is C17H16O3. The van der Waals surface area contributed by atoms with Crippen molar-refractivity contribution in [2.45, 2.75) is 19.4 Å². The van der Waals surface area contributed by atoms with Crippen molar-refractivity contribution in [3.63, 3.8) is 0 Å². The van der Waals surface area contributed by atoms with Crippen molar-refractivity contribution in [2.75, 3.05) is 6.61 Å². The van der Waals surface area contributed by atoms with E-state index in [-0.39, 0.29) is 18.5 Å². The van der Waals surface area contributed by atoms with Crippen molar-refractivity contribution in [3.05, 3.63) is 54.1 Å². The SMILES string of the molecule is CCOC(=O)CC1Oc2ccccc2-c2ccccc21. The Labute approximate surface area is 118 Å². The number of carbonyl (C=O) groups excluding carboxylic acids is 1. The Balaban J connectivity index is 1.98. The molecule has 102 valence electrons. The lowest BCUT2D eigenvalue weighted by molar-refractivity contribution is -0.145. The van der Waals surface area contributed by atoms with Gasteiger partial charge >= 0.3 is 5.97 Å². The highest BCUT2D eigenvalue weighted by atomic mass is 16.5. The van der Waals surface area contributed by atoms with Gasteiger partial charge in [-0.25, -0.2) is 0 Å². The molecule has 0 aromatic heterocycles. The molecule has 0 fully saturated rings. The molecule has 0 bridgehead atoms. The van der Waals surface area contributed by atoms with Crippen molar-refractivity contribution in [2.24, 2.45) is 0 Å². The van der Waals surface area contributed by atoms with Gasteiger partial charge in [-0.3, -0.25) is 4.79 Å². The van der Waals surface area contributed by atoms with E-state index in [1.807, 2.05) is 49.4 Å². The fourth-order valence-electron chi connectivity index (χ4n) is 2.55. The Kier molecular flexibility index (Phi) is 3.42. The van der Waals surface area contributed by atoms with Gasteiger partial charge < -0.3 is 9.47 Å². The zero-order valence-electron chi connectivity index (χ0n) is 11.3. The van der Waals surface area contributed by atoms with Crippen molar-refractivity contribution < 1.29 is 14.3 Å². The first-order valence-electron chi connectivity index (χ1n) is 6.80. The molecule has 0 radical (unpaired) electrons. The highest BCUT2D eigenvalue weighted by Crippen LogP contribution is 2.43. The van der Waals surface area contributed by atoms with Gasteiger partial charge in [0.1, 0.15) is 11.9 Å². The second-order valence-corrected chi connectivity index (χ2v) is 4.70. The Bertz CT molecular complexity index is 634. The molecule has 1 aliphatic rings. The van der Waals surface area contributed by atoms with E-state index in [0.717, 1.165) is 22.4 Å². The summed E-state index contributed by atoms with van der Waals surface area (Å²) in [6.07, 6.45) is -0.0423. The predicted octanol–water partition coefficient (Wildman–Crippen LogP) is 3.74. The van der Waals surface area contributed by atoms with Crippen LogP contribution in [0.5, 0.6) is 5.75 Å². The molecule has 0 spiro atoms. The third kappa shape index (κ3) is 2.27. The second-order valence-electron chi connectivity index (χ2n) is 4.70. The van der Waals surface area contributed by atoms with Gasteiger partial charge in [0, 0.05) is 11.1 Å². The highest BCUT2D eigenvalue weighted by Gasteiger charge is 2.27. The lowest BCUT2D eigenvalue weighted by Gasteiger charge is -2.28. The molecule has 3 heteroatoms. The van der Waals surface area contributed by atoms with Crippen LogP contribution in [0, 0.1) is 0 Å². The maximum atomic E-state index is 11.7. The molecular weight excluding hydrogens is 252 g/mol. The molecule has 0 saturated carbocycles. The highest BCUT2D eigenvalue weighted by molar-refractivity contribution is 5.77. The summed E-state index contributed by atoms with van der Waals surface area (Å²) >= 11 is 0. The quantitative estimate of drug-likeness (QED) is 0.795. The van der Waals surface area contributed by atoms with E-state index in [4.69, 9.17) is 9.47 Å². The van der Waals surface area contributed by atoms with Gasteiger partial charge in [-0.2, -0.15) is 0 Å². The van der Waals surface area contributed by atoms with Gasteiger partial charge in [0.25, 0.3) is 0 Å². The van der Waals surface area contributed by atoms with Gasteiger partial charge in [0.15, 0.2) is 0 Å². The molecule has 2 aromatic rings. The van der Waals surface area contributed by atoms with Gasteiger partial charge in [-0.15, -0.1) is 0 Å². The summed E-state index contributed by atoms with van der Waals surface area (Å²) in [5.41, 5.74) is 3.24. The van der Waals surface area contributed by atoms with Gasteiger partial charge in [-0.1, -0.05) is 42.5 Å². The number of ether oxygens (including phenoxy) is 2.